The Morgan fingerprint density at radius 2 is 1.94 bits per heavy atom. The molecule has 0 aromatic carbocycles. The summed E-state index contributed by atoms with van der Waals surface area (Å²) < 4.78 is 30.7. The van der Waals surface area contributed by atoms with Crippen LogP contribution in [0.25, 0.3) is 10.2 Å². The summed E-state index contributed by atoms with van der Waals surface area (Å²) in [4.78, 5) is 16.4. The summed E-state index contributed by atoms with van der Waals surface area (Å²) in [6.45, 7) is 11.7. The maximum absolute atomic E-state index is 14.6. The topological polar surface area (TPSA) is 75.0 Å². The van der Waals surface area contributed by atoms with E-state index in [2.05, 4.69) is 44.9 Å². The molecular formula is C22H28F2N8S. The third-order valence-corrected chi connectivity index (χ3v) is 7.27. The molecule has 0 unspecified atom stereocenters. The number of hydrogen-bond donors (Lipinski definition) is 1. The van der Waals surface area contributed by atoms with Gasteiger partial charge in [0, 0.05) is 44.1 Å². The van der Waals surface area contributed by atoms with Gasteiger partial charge in [-0.3, -0.25) is 0 Å². The van der Waals surface area contributed by atoms with Crippen LogP contribution in [-0.4, -0.2) is 57.5 Å². The predicted octanol–water partition coefficient (Wildman–Crippen LogP) is 3.33. The SMILES string of the molecule is C=C(C)C(F)(F)c1nnc2n1CCN(c1nc(N3CCNCC3)nc3sc(CCC)cc13)C2. The molecule has 1 N–H and O–H groups in total. The van der Waals surface area contributed by atoms with Crippen LogP contribution >= 0.6 is 11.3 Å². The van der Waals surface area contributed by atoms with Crippen molar-refractivity contribution in [2.24, 2.45) is 0 Å². The first-order valence-corrected chi connectivity index (χ1v) is 12.2. The molecule has 0 amide bonds. The summed E-state index contributed by atoms with van der Waals surface area (Å²) in [7, 11) is 0. The lowest BCUT2D eigenvalue weighted by molar-refractivity contribution is 0.0240. The van der Waals surface area contributed by atoms with Gasteiger partial charge in [0.05, 0.1) is 11.9 Å². The van der Waals surface area contributed by atoms with E-state index in [4.69, 9.17) is 9.97 Å². The van der Waals surface area contributed by atoms with Crippen molar-refractivity contribution >= 4 is 33.3 Å². The third kappa shape index (κ3) is 3.97. The van der Waals surface area contributed by atoms with Crippen molar-refractivity contribution in [3.8, 4) is 0 Å². The Labute approximate surface area is 195 Å². The maximum atomic E-state index is 14.6. The molecule has 2 aliphatic rings. The summed E-state index contributed by atoms with van der Waals surface area (Å²) >= 11 is 1.71. The van der Waals surface area contributed by atoms with E-state index in [9.17, 15) is 8.78 Å². The Morgan fingerprint density at radius 3 is 2.67 bits per heavy atom. The fraction of sp³-hybridized carbons (Fsp3) is 0.545. The summed E-state index contributed by atoms with van der Waals surface area (Å²) in [5.41, 5.74) is -0.236. The highest BCUT2D eigenvalue weighted by atomic mass is 32.1. The first-order chi connectivity index (χ1) is 15.9. The number of halogens is 2. The first-order valence-electron chi connectivity index (χ1n) is 11.4. The molecule has 5 rings (SSSR count). The lowest BCUT2D eigenvalue weighted by Crippen LogP contribution is -2.44. The van der Waals surface area contributed by atoms with Crippen LogP contribution in [0.2, 0.25) is 0 Å². The number of thiophene rings is 1. The fourth-order valence-corrected chi connectivity index (χ4v) is 5.44. The quantitative estimate of drug-likeness (QED) is 0.549. The van der Waals surface area contributed by atoms with Gasteiger partial charge in [-0.2, -0.15) is 13.8 Å². The average molecular weight is 475 g/mol. The second kappa shape index (κ2) is 8.60. The van der Waals surface area contributed by atoms with Gasteiger partial charge in [0.25, 0.3) is 0 Å². The molecule has 5 heterocycles. The zero-order chi connectivity index (χ0) is 23.2. The van der Waals surface area contributed by atoms with Crippen LogP contribution in [-0.2, 0) is 25.4 Å². The number of fused-ring (bicyclic) bond motifs is 2. The number of alkyl halides is 2. The number of rotatable bonds is 6. The van der Waals surface area contributed by atoms with Gasteiger partial charge in [-0.1, -0.05) is 19.9 Å². The fourth-order valence-electron chi connectivity index (χ4n) is 4.32. The highest BCUT2D eigenvalue weighted by Crippen LogP contribution is 2.37. The molecule has 2 aliphatic heterocycles. The minimum atomic E-state index is -3.20. The molecule has 33 heavy (non-hydrogen) atoms. The van der Waals surface area contributed by atoms with Gasteiger partial charge in [-0.15, -0.1) is 21.5 Å². The number of aromatic nitrogens is 5. The Morgan fingerprint density at radius 1 is 1.15 bits per heavy atom. The summed E-state index contributed by atoms with van der Waals surface area (Å²) in [6, 6.07) is 2.18. The van der Waals surface area contributed by atoms with E-state index in [0.717, 1.165) is 61.0 Å². The number of piperazine rings is 1. The number of allylic oxidation sites excluding steroid dienone is 1. The summed E-state index contributed by atoms with van der Waals surface area (Å²) in [6.07, 6.45) is 2.06. The van der Waals surface area contributed by atoms with E-state index in [1.165, 1.54) is 16.4 Å². The van der Waals surface area contributed by atoms with E-state index in [1.807, 2.05) is 0 Å². The second-order valence-electron chi connectivity index (χ2n) is 8.63. The monoisotopic (exact) mass is 474 g/mol. The highest BCUT2D eigenvalue weighted by Gasteiger charge is 2.40. The van der Waals surface area contributed by atoms with Crippen LogP contribution < -0.4 is 15.1 Å². The van der Waals surface area contributed by atoms with Crippen LogP contribution in [0.5, 0.6) is 0 Å². The maximum Gasteiger partial charge on any atom is 0.327 e. The Bertz CT molecular complexity index is 1180. The van der Waals surface area contributed by atoms with Crippen molar-refractivity contribution < 1.29 is 8.78 Å². The van der Waals surface area contributed by atoms with E-state index >= 15 is 0 Å². The second-order valence-corrected chi connectivity index (χ2v) is 9.75. The zero-order valence-electron chi connectivity index (χ0n) is 18.9. The third-order valence-electron chi connectivity index (χ3n) is 6.18. The predicted molar refractivity (Wildman–Crippen MR) is 126 cm³/mol. The molecule has 176 valence electrons. The first kappa shape index (κ1) is 22.1. The van der Waals surface area contributed by atoms with Crippen LogP contribution in [0.1, 0.15) is 36.8 Å². The molecule has 1 saturated heterocycles. The summed E-state index contributed by atoms with van der Waals surface area (Å²) in [5, 5.41) is 12.3. The molecule has 11 heteroatoms. The smallest absolute Gasteiger partial charge is 0.327 e. The minimum absolute atomic E-state index is 0.236. The molecule has 0 bridgehead atoms. The molecular weight excluding hydrogens is 446 g/mol. The Kier molecular flexibility index (Phi) is 5.77. The van der Waals surface area contributed by atoms with Crippen molar-refractivity contribution in [2.75, 3.05) is 42.5 Å². The standard InChI is InChI=1S/C22H28F2N8S/c1-4-5-15-12-16-18(26-21(27-19(16)33-15)30-8-6-25-7-9-30)31-10-11-32-17(13-31)28-29-20(32)22(23,24)14(2)3/h12,25H,2,4-11,13H2,1,3H3. The Hall–Kier alpha value is -2.66. The molecule has 0 spiro atoms. The zero-order valence-corrected chi connectivity index (χ0v) is 19.8. The lowest BCUT2D eigenvalue weighted by atomic mass is 10.1. The molecule has 0 radical (unpaired) electrons. The van der Waals surface area contributed by atoms with Crippen molar-refractivity contribution in [1.29, 1.82) is 0 Å². The molecule has 3 aromatic heterocycles. The largest absolute Gasteiger partial charge is 0.347 e. The Balaban J connectivity index is 1.53. The van der Waals surface area contributed by atoms with Crippen molar-refractivity contribution in [3.05, 3.63) is 34.7 Å². The van der Waals surface area contributed by atoms with Gasteiger partial charge in [0.1, 0.15) is 10.6 Å². The highest BCUT2D eigenvalue weighted by molar-refractivity contribution is 7.18. The van der Waals surface area contributed by atoms with E-state index < -0.39 is 5.92 Å². The van der Waals surface area contributed by atoms with E-state index in [-0.39, 0.29) is 11.4 Å². The molecule has 0 aliphatic carbocycles. The summed E-state index contributed by atoms with van der Waals surface area (Å²) in [5.74, 6) is -1.45. The normalized spacial score (nSPS) is 17.0. The van der Waals surface area contributed by atoms with E-state index in [1.54, 1.807) is 11.3 Å². The lowest BCUT2D eigenvalue weighted by Gasteiger charge is -2.32. The van der Waals surface area contributed by atoms with Crippen molar-refractivity contribution in [3.63, 3.8) is 0 Å². The molecule has 1 fully saturated rings. The van der Waals surface area contributed by atoms with Gasteiger partial charge >= 0.3 is 5.92 Å². The van der Waals surface area contributed by atoms with Gasteiger partial charge in [-0.25, -0.2) is 4.98 Å². The number of nitrogens with one attached hydrogen (secondary N) is 1. The van der Waals surface area contributed by atoms with Crippen LogP contribution in [0.4, 0.5) is 20.5 Å². The number of hydrogen-bond acceptors (Lipinski definition) is 8. The van der Waals surface area contributed by atoms with Gasteiger partial charge in [0.15, 0.2) is 5.82 Å². The van der Waals surface area contributed by atoms with Crippen molar-refractivity contribution in [2.45, 2.75) is 45.7 Å². The van der Waals surface area contributed by atoms with Gasteiger partial charge in [-0.05, 0) is 25.0 Å². The minimum Gasteiger partial charge on any atom is -0.347 e. The average Bonchev–Trinajstić information content (AvgIpc) is 3.42. The number of aryl methyl sites for hydroxylation is 1. The molecule has 3 aromatic rings. The number of nitrogens with zero attached hydrogens (tertiary/aromatic N) is 7. The van der Waals surface area contributed by atoms with Crippen LogP contribution in [0.3, 0.4) is 0 Å². The van der Waals surface area contributed by atoms with Crippen LogP contribution in [0.15, 0.2) is 18.2 Å². The molecule has 0 atom stereocenters. The molecule has 0 saturated carbocycles. The molecule has 8 nitrogen and oxygen atoms in total. The van der Waals surface area contributed by atoms with E-state index in [0.29, 0.717) is 25.5 Å². The van der Waals surface area contributed by atoms with Gasteiger partial charge in [0.2, 0.25) is 11.8 Å². The van der Waals surface area contributed by atoms with Crippen LogP contribution in [0, 0.1) is 0 Å². The van der Waals surface area contributed by atoms with Gasteiger partial charge < -0.3 is 19.7 Å². The van der Waals surface area contributed by atoms with Crippen molar-refractivity contribution in [1.82, 2.24) is 30.0 Å². The number of anilines is 2.